The number of hydrogen-bond donors (Lipinski definition) is 1. The van der Waals surface area contributed by atoms with Gasteiger partial charge in [0.15, 0.2) is 0 Å². The molecule has 0 aliphatic carbocycles. The summed E-state index contributed by atoms with van der Waals surface area (Å²) in [6, 6.07) is 20.0. The van der Waals surface area contributed by atoms with Gasteiger partial charge in [-0.1, -0.05) is 41.9 Å². The summed E-state index contributed by atoms with van der Waals surface area (Å²) in [6.45, 7) is 2.95. The first kappa shape index (κ1) is 17.3. The molecule has 25 heavy (non-hydrogen) atoms. The highest BCUT2D eigenvalue weighted by atomic mass is 35.5. The molecule has 3 rings (SSSR count). The molecule has 3 aromatic rings. The molecule has 0 aliphatic heterocycles. The van der Waals surface area contributed by atoms with E-state index in [9.17, 15) is 4.39 Å². The van der Waals surface area contributed by atoms with Crippen molar-refractivity contribution in [2.45, 2.75) is 20.1 Å². The summed E-state index contributed by atoms with van der Waals surface area (Å²) in [5, 5.41) is 4.06. The van der Waals surface area contributed by atoms with Crippen LogP contribution in [0.25, 0.3) is 0 Å². The molecule has 4 heteroatoms. The quantitative estimate of drug-likeness (QED) is 0.587. The number of benzene rings is 3. The van der Waals surface area contributed by atoms with E-state index in [4.69, 9.17) is 16.3 Å². The normalized spacial score (nSPS) is 10.5. The molecule has 0 saturated heterocycles. The number of para-hydroxylation sites is 1. The monoisotopic (exact) mass is 355 g/mol. The van der Waals surface area contributed by atoms with Crippen molar-refractivity contribution in [3.05, 3.63) is 94.3 Å². The van der Waals surface area contributed by atoms with E-state index in [1.165, 1.54) is 17.7 Å². The van der Waals surface area contributed by atoms with E-state index in [1.807, 2.05) is 36.4 Å². The van der Waals surface area contributed by atoms with Crippen LogP contribution in [0.1, 0.15) is 16.7 Å². The van der Waals surface area contributed by atoms with E-state index >= 15 is 0 Å². The number of ether oxygens (including phenoxy) is 1. The molecule has 0 spiro atoms. The third-order valence-electron chi connectivity index (χ3n) is 3.92. The number of halogens is 2. The van der Waals surface area contributed by atoms with Crippen molar-refractivity contribution in [3.8, 4) is 5.75 Å². The average molecular weight is 356 g/mol. The van der Waals surface area contributed by atoms with Crippen LogP contribution in [0.2, 0.25) is 5.02 Å². The highest BCUT2D eigenvalue weighted by Gasteiger charge is 2.07. The molecule has 0 unspecified atom stereocenters. The maximum atomic E-state index is 13.3. The minimum absolute atomic E-state index is 0.265. The fraction of sp³-hybridized carbons (Fsp3) is 0.143. The summed E-state index contributed by atoms with van der Waals surface area (Å²) in [6.07, 6.45) is 0. The van der Waals surface area contributed by atoms with Gasteiger partial charge in [-0.25, -0.2) is 4.39 Å². The number of anilines is 1. The third kappa shape index (κ3) is 4.74. The second-order valence-electron chi connectivity index (χ2n) is 5.84. The van der Waals surface area contributed by atoms with Crippen LogP contribution in [0.15, 0.2) is 66.7 Å². The van der Waals surface area contributed by atoms with Crippen molar-refractivity contribution in [2.24, 2.45) is 0 Å². The Morgan fingerprint density at radius 3 is 2.64 bits per heavy atom. The smallest absolute Gasteiger partial charge is 0.124 e. The lowest BCUT2D eigenvalue weighted by Gasteiger charge is -2.14. The van der Waals surface area contributed by atoms with Crippen LogP contribution < -0.4 is 10.1 Å². The minimum atomic E-state index is -0.265. The lowest BCUT2D eigenvalue weighted by atomic mass is 10.1. The zero-order valence-corrected chi connectivity index (χ0v) is 14.7. The van der Waals surface area contributed by atoms with E-state index in [-0.39, 0.29) is 5.82 Å². The van der Waals surface area contributed by atoms with Crippen LogP contribution in [0.5, 0.6) is 5.75 Å². The first-order valence-corrected chi connectivity index (χ1v) is 8.45. The Morgan fingerprint density at radius 2 is 1.84 bits per heavy atom. The van der Waals surface area contributed by atoms with Crippen molar-refractivity contribution in [1.82, 2.24) is 0 Å². The molecule has 128 valence electrons. The Bertz CT molecular complexity index is 866. The van der Waals surface area contributed by atoms with Gasteiger partial charge in [-0.05, 0) is 54.4 Å². The third-order valence-corrected chi connectivity index (χ3v) is 4.16. The lowest BCUT2D eigenvalue weighted by molar-refractivity contribution is 0.302. The molecule has 0 fully saturated rings. The molecule has 0 bridgehead atoms. The molecular weight excluding hydrogens is 337 g/mol. The number of aryl methyl sites for hydroxylation is 1. The van der Waals surface area contributed by atoms with E-state index in [0.717, 1.165) is 22.6 Å². The number of hydrogen-bond acceptors (Lipinski definition) is 2. The van der Waals surface area contributed by atoms with E-state index < -0.39 is 0 Å². The fourth-order valence-electron chi connectivity index (χ4n) is 2.58. The first-order chi connectivity index (χ1) is 12.1. The van der Waals surface area contributed by atoms with Crippen LogP contribution in [0.4, 0.5) is 10.1 Å². The van der Waals surface area contributed by atoms with Gasteiger partial charge in [-0.15, -0.1) is 0 Å². The summed E-state index contributed by atoms with van der Waals surface area (Å²) in [4.78, 5) is 0. The Hall–Kier alpha value is -2.52. The highest BCUT2D eigenvalue weighted by Crippen LogP contribution is 2.25. The SMILES string of the molecule is Cc1ccccc1NCc1cc(Cl)ccc1OCc1cccc(F)c1. The van der Waals surface area contributed by atoms with E-state index in [1.54, 1.807) is 12.1 Å². The molecular formula is C21H19ClFNO. The lowest BCUT2D eigenvalue weighted by Crippen LogP contribution is -2.04. The summed E-state index contributed by atoms with van der Waals surface area (Å²) in [5.74, 6) is 0.466. The van der Waals surface area contributed by atoms with Crippen molar-refractivity contribution in [2.75, 3.05) is 5.32 Å². The zero-order chi connectivity index (χ0) is 17.6. The van der Waals surface area contributed by atoms with Crippen LogP contribution in [0, 0.1) is 12.7 Å². The zero-order valence-electron chi connectivity index (χ0n) is 13.9. The predicted octanol–water partition coefficient (Wildman–Crippen LogP) is 5.98. The van der Waals surface area contributed by atoms with Crippen molar-refractivity contribution >= 4 is 17.3 Å². The van der Waals surface area contributed by atoms with Crippen LogP contribution in [0.3, 0.4) is 0 Å². The molecule has 0 atom stereocenters. The van der Waals surface area contributed by atoms with Crippen LogP contribution >= 0.6 is 11.6 Å². The molecule has 1 N–H and O–H groups in total. The highest BCUT2D eigenvalue weighted by molar-refractivity contribution is 6.30. The standard InChI is InChI=1S/C21H19ClFNO/c1-15-5-2-3-8-20(15)24-13-17-12-18(22)9-10-21(17)25-14-16-6-4-7-19(23)11-16/h2-12,24H,13-14H2,1H3. The molecule has 0 saturated carbocycles. The van der Waals surface area contributed by atoms with Gasteiger partial charge in [0.25, 0.3) is 0 Å². The maximum absolute atomic E-state index is 13.3. The molecule has 0 heterocycles. The van der Waals surface area contributed by atoms with Crippen LogP contribution in [-0.4, -0.2) is 0 Å². The maximum Gasteiger partial charge on any atom is 0.124 e. The molecule has 2 nitrogen and oxygen atoms in total. The summed E-state index contributed by atoms with van der Waals surface area (Å²) in [5.41, 5.74) is 3.98. The first-order valence-electron chi connectivity index (χ1n) is 8.07. The Morgan fingerprint density at radius 1 is 1.00 bits per heavy atom. The summed E-state index contributed by atoms with van der Waals surface area (Å²) >= 11 is 6.13. The molecule has 0 amide bonds. The molecule has 0 aromatic heterocycles. The van der Waals surface area contributed by atoms with Gasteiger partial charge in [0.05, 0.1) is 0 Å². The average Bonchev–Trinajstić information content (AvgIpc) is 2.60. The Labute approximate surface area is 152 Å². The largest absolute Gasteiger partial charge is 0.489 e. The van der Waals surface area contributed by atoms with E-state index in [2.05, 4.69) is 18.3 Å². The van der Waals surface area contributed by atoms with Gasteiger partial charge in [0.1, 0.15) is 18.2 Å². The van der Waals surface area contributed by atoms with Crippen molar-refractivity contribution in [3.63, 3.8) is 0 Å². The summed E-state index contributed by atoms with van der Waals surface area (Å²) in [7, 11) is 0. The van der Waals surface area contributed by atoms with E-state index in [0.29, 0.717) is 18.2 Å². The minimum Gasteiger partial charge on any atom is -0.489 e. The molecule has 0 radical (unpaired) electrons. The second-order valence-corrected chi connectivity index (χ2v) is 6.28. The second kappa shape index (κ2) is 8.04. The molecule has 0 aliphatic rings. The van der Waals surface area contributed by atoms with Gasteiger partial charge in [-0.3, -0.25) is 0 Å². The Balaban J connectivity index is 1.73. The molecule has 3 aromatic carbocycles. The van der Waals surface area contributed by atoms with Gasteiger partial charge in [0, 0.05) is 22.8 Å². The topological polar surface area (TPSA) is 21.3 Å². The van der Waals surface area contributed by atoms with Crippen molar-refractivity contribution in [1.29, 1.82) is 0 Å². The van der Waals surface area contributed by atoms with Gasteiger partial charge < -0.3 is 10.1 Å². The predicted molar refractivity (Wildman–Crippen MR) is 101 cm³/mol. The summed E-state index contributed by atoms with van der Waals surface area (Å²) < 4.78 is 19.2. The number of rotatable bonds is 6. The van der Waals surface area contributed by atoms with Crippen molar-refractivity contribution < 1.29 is 9.13 Å². The number of nitrogens with one attached hydrogen (secondary N) is 1. The Kier molecular flexibility index (Phi) is 5.56. The van der Waals surface area contributed by atoms with Gasteiger partial charge in [-0.2, -0.15) is 0 Å². The van der Waals surface area contributed by atoms with Gasteiger partial charge >= 0.3 is 0 Å². The van der Waals surface area contributed by atoms with Crippen LogP contribution in [-0.2, 0) is 13.2 Å². The van der Waals surface area contributed by atoms with Gasteiger partial charge in [0.2, 0.25) is 0 Å². The fourth-order valence-corrected chi connectivity index (χ4v) is 2.77.